The Kier molecular flexibility index (Phi) is 6.59. The number of likely N-dealkylation sites (tertiary alicyclic amines) is 1. The number of hydrogen-bond acceptors (Lipinski definition) is 7. The first-order valence-electron chi connectivity index (χ1n) is 10.3. The molecule has 2 aromatic rings. The van der Waals surface area contributed by atoms with Crippen molar-refractivity contribution in [3.8, 4) is 11.5 Å². The average molecular weight is 443 g/mol. The molecule has 3 rings (SSSR count). The predicted octanol–water partition coefficient (Wildman–Crippen LogP) is 2.04. The average Bonchev–Trinajstić information content (AvgIpc) is 3.16. The van der Waals surface area contributed by atoms with Gasteiger partial charge in [0.2, 0.25) is 0 Å². The van der Waals surface area contributed by atoms with Crippen LogP contribution in [-0.2, 0) is 16.6 Å². The van der Waals surface area contributed by atoms with Crippen LogP contribution in [0.2, 0.25) is 0 Å². The summed E-state index contributed by atoms with van der Waals surface area (Å²) in [7, 11) is 8.56. The molecule has 1 N–H and O–H groups in total. The quantitative estimate of drug-likeness (QED) is 0.398. The number of aryl methyl sites for hydroxylation is 2. The normalized spacial score (nSPS) is 18.0. The van der Waals surface area contributed by atoms with Crippen LogP contribution in [0.3, 0.4) is 0 Å². The van der Waals surface area contributed by atoms with E-state index in [4.69, 9.17) is 9.47 Å². The van der Waals surface area contributed by atoms with Crippen molar-refractivity contribution < 1.29 is 24.2 Å². The highest BCUT2D eigenvalue weighted by Crippen LogP contribution is 2.45. The molecule has 1 aliphatic heterocycles. The molecule has 1 amide bonds. The molecule has 0 saturated carbocycles. The van der Waals surface area contributed by atoms with Gasteiger partial charge in [0, 0.05) is 31.4 Å². The molecule has 0 aliphatic carbocycles. The van der Waals surface area contributed by atoms with Crippen molar-refractivity contribution in [1.82, 2.24) is 19.6 Å². The maximum Gasteiger partial charge on any atom is 0.295 e. The van der Waals surface area contributed by atoms with Crippen LogP contribution in [0.5, 0.6) is 11.5 Å². The van der Waals surface area contributed by atoms with Gasteiger partial charge in [-0.15, -0.1) is 0 Å². The zero-order chi connectivity index (χ0) is 23.7. The predicted molar refractivity (Wildman–Crippen MR) is 120 cm³/mol. The minimum absolute atomic E-state index is 0.0134. The lowest BCUT2D eigenvalue weighted by Crippen LogP contribution is -2.35. The van der Waals surface area contributed by atoms with Gasteiger partial charge in [-0.2, -0.15) is 5.10 Å². The van der Waals surface area contributed by atoms with Gasteiger partial charge in [-0.05, 0) is 34.0 Å². The van der Waals surface area contributed by atoms with Crippen LogP contribution in [-0.4, -0.2) is 77.8 Å². The maximum atomic E-state index is 13.2. The Morgan fingerprint density at radius 3 is 2.41 bits per heavy atom. The van der Waals surface area contributed by atoms with E-state index in [-0.39, 0.29) is 11.3 Å². The summed E-state index contributed by atoms with van der Waals surface area (Å²) < 4.78 is 12.7. The van der Waals surface area contributed by atoms with Crippen LogP contribution in [0.25, 0.3) is 5.76 Å². The fourth-order valence-electron chi connectivity index (χ4n) is 4.12. The molecule has 0 bridgehead atoms. The first kappa shape index (κ1) is 23.3. The van der Waals surface area contributed by atoms with E-state index in [0.717, 1.165) is 0 Å². The number of benzene rings is 1. The van der Waals surface area contributed by atoms with Crippen LogP contribution >= 0.6 is 0 Å². The van der Waals surface area contributed by atoms with Gasteiger partial charge in [0.25, 0.3) is 11.7 Å². The Balaban J connectivity index is 2.30. The lowest BCUT2D eigenvalue weighted by molar-refractivity contribution is -0.140. The number of aliphatic hydroxyl groups is 1. The summed E-state index contributed by atoms with van der Waals surface area (Å²) >= 11 is 0. The second-order valence-corrected chi connectivity index (χ2v) is 8.05. The van der Waals surface area contributed by atoms with Crippen LogP contribution < -0.4 is 9.47 Å². The number of para-hydroxylation sites is 1. The SMILES string of the molecule is COc1cccc([C@H]2/C(=C(\O)c3c(C)nn(C)c3C)C(=O)C(=O)N2CCN(C)C)c1OC. The first-order chi connectivity index (χ1) is 15.1. The Hall–Kier alpha value is -3.33. The minimum atomic E-state index is -0.834. The smallest absolute Gasteiger partial charge is 0.295 e. The number of hydrogen-bond donors (Lipinski definition) is 1. The Bertz CT molecular complexity index is 1090. The Morgan fingerprint density at radius 2 is 1.88 bits per heavy atom. The molecule has 172 valence electrons. The number of aromatic nitrogens is 2. The van der Waals surface area contributed by atoms with Crippen molar-refractivity contribution in [3.63, 3.8) is 0 Å². The van der Waals surface area contributed by atoms with Crippen LogP contribution in [0, 0.1) is 13.8 Å². The molecule has 1 aromatic heterocycles. The first-order valence-corrected chi connectivity index (χ1v) is 10.3. The number of amides is 1. The van der Waals surface area contributed by atoms with E-state index in [0.29, 0.717) is 47.1 Å². The number of ketones is 1. The van der Waals surface area contributed by atoms with Crippen LogP contribution in [0.1, 0.15) is 28.6 Å². The number of aliphatic hydroxyl groups excluding tert-OH is 1. The molecule has 1 aliphatic rings. The fraction of sp³-hybridized carbons (Fsp3) is 0.435. The number of Topliss-reactive ketones (excluding diaryl/α,β-unsaturated/α-hetero) is 1. The van der Waals surface area contributed by atoms with Crippen molar-refractivity contribution in [2.75, 3.05) is 41.4 Å². The van der Waals surface area contributed by atoms with E-state index in [9.17, 15) is 14.7 Å². The minimum Gasteiger partial charge on any atom is -0.507 e. The second kappa shape index (κ2) is 9.04. The van der Waals surface area contributed by atoms with Crippen molar-refractivity contribution >= 4 is 17.4 Å². The highest BCUT2D eigenvalue weighted by Gasteiger charge is 2.47. The molecular weight excluding hydrogens is 412 g/mol. The van der Waals surface area contributed by atoms with E-state index in [1.165, 1.54) is 19.1 Å². The highest BCUT2D eigenvalue weighted by atomic mass is 16.5. The molecule has 1 fully saturated rings. The zero-order valence-electron chi connectivity index (χ0n) is 19.6. The van der Waals surface area contributed by atoms with E-state index < -0.39 is 17.7 Å². The summed E-state index contributed by atoms with van der Waals surface area (Å²) in [5.41, 5.74) is 2.28. The monoisotopic (exact) mass is 442 g/mol. The van der Waals surface area contributed by atoms with Gasteiger partial charge in [-0.25, -0.2) is 0 Å². The molecule has 0 unspecified atom stereocenters. The van der Waals surface area contributed by atoms with Crippen molar-refractivity contribution in [2.45, 2.75) is 19.9 Å². The number of carbonyl (C=O) groups is 2. The highest BCUT2D eigenvalue weighted by molar-refractivity contribution is 6.46. The largest absolute Gasteiger partial charge is 0.507 e. The molecule has 1 saturated heterocycles. The number of rotatable bonds is 7. The molecular formula is C23H30N4O5. The van der Waals surface area contributed by atoms with Gasteiger partial charge in [0.05, 0.1) is 37.1 Å². The molecule has 32 heavy (non-hydrogen) atoms. The molecule has 1 atom stereocenters. The van der Waals surface area contributed by atoms with Gasteiger partial charge in [-0.3, -0.25) is 14.3 Å². The summed E-state index contributed by atoms with van der Waals surface area (Å²) in [4.78, 5) is 29.7. The molecule has 1 aromatic carbocycles. The number of ether oxygens (including phenoxy) is 2. The fourth-order valence-corrected chi connectivity index (χ4v) is 4.12. The summed E-state index contributed by atoms with van der Waals surface area (Å²) in [6, 6.07) is 4.45. The van der Waals surface area contributed by atoms with E-state index in [1.807, 2.05) is 19.0 Å². The van der Waals surface area contributed by atoms with Crippen LogP contribution in [0.15, 0.2) is 23.8 Å². The third-order valence-corrected chi connectivity index (χ3v) is 5.80. The Labute approximate surface area is 187 Å². The summed E-state index contributed by atoms with van der Waals surface area (Å²) in [6.07, 6.45) is 0. The summed E-state index contributed by atoms with van der Waals surface area (Å²) in [5, 5.41) is 15.7. The van der Waals surface area contributed by atoms with Gasteiger partial charge in [0.15, 0.2) is 11.5 Å². The van der Waals surface area contributed by atoms with Gasteiger partial charge in [0.1, 0.15) is 5.76 Å². The molecule has 0 spiro atoms. The lowest BCUT2D eigenvalue weighted by atomic mass is 9.93. The van der Waals surface area contributed by atoms with E-state index >= 15 is 0 Å². The van der Waals surface area contributed by atoms with Gasteiger partial charge in [-0.1, -0.05) is 12.1 Å². The molecule has 0 radical (unpaired) electrons. The standard InChI is InChI=1S/C23H30N4O5/c1-13-17(14(2)26(5)24-13)20(28)18-19(15-9-8-10-16(31-6)22(15)32-7)27(12-11-25(3)4)23(30)21(18)29/h8-10,19,28H,11-12H2,1-7H3/b20-18+/t19-/m0/s1. The molecule has 9 nitrogen and oxygen atoms in total. The number of likely N-dealkylation sites (N-methyl/N-ethyl adjacent to an activating group) is 1. The number of methoxy groups -OCH3 is 2. The van der Waals surface area contributed by atoms with Crippen molar-refractivity contribution in [3.05, 3.63) is 46.3 Å². The van der Waals surface area contributed by atoms with E-state index in [1.54, 1.807) is 43.8 Å². The lowest BCUT2D eigenvalue weighted by Gasteiger charge is -2.28. The van der Waals surface area contributed by atoms with E-state index in [2.05, 4.69) is 5.10 Å². The third-order valence-electron chi connectivity index (χ3n) is 5.80. The third kappa shape index (κ3) is 3.84. The van der Waals surface area contributed by atoms with Gasteiger partial charge >= 0.3 is 0 Å². The zero-order valence-corrected chi connectivity index (χ0v) is 19.6. The Morgan fingerprint density at radius 1 is 1.19 bits per heavy atom. The van der Waals surface area contributed by atoms with Gasteiger partial charge < -0.3 is 24.4 Å². The molecule has 2 heterocycles. The molecule has 9 heteroatoms. The summed E-state index contributed by atoms with van der Waals surface area (Å²) in [5.74, 6) is -0.769. The number of nitrogens with zero attached hydrogens (tertiary/aromatic N) is 4. The number of carbonyl (C=O) groups excluding carboxylic acids is 2. The van der Waals surface area contributed by atoms with Crippen molar-refractivity contribution in [1.29, 1.82) is 0 Å². The van der Waals surface area contributed by atoms with Crippen molar-refractivity contribution in [2.24, 2.45) is 7.05 Å². The topological polar surface area (TPSA) is 97.1 Å². The maximum absolute atomic E-state index is 13.2. The van der Waals surface area contributed by atoms with Crippen LogP contribution in [0.4, 0.5) is 0 Å². The second-order valence-electron chi connectivity index (χ2n) is 8.05. The summed E-state index contributed by atoms with van der Waals surface area (Å²) in [6.45, 7) is 4.40.